The fourth-order valence-corrected chi connectivity index (χ4v) is 13.4. The molecule has 4 heterocycles. The van der Waals surface area contributed by atoms with Gasteiger partial charge in [-0.2, -0.15) is 0 Å². The van der Waals surface area contributed by atoms with Crippen molar-refractivity contribution in [2.75, 3.05) is 0 Å². The summed E-state index contributed by atoms with van der Waals surface area (Å²) in [4.78, 5) is 65.4. The molecule has 12 rings (SSSR count). The third-order valence-electron chi connectivity index (χ3n) is 24.1. The van der Waals surface area contributed by atoms with Gasteiger partial charge in [0.2, 0.25) is 0 Å². The molecule has 140 heavy (non-hydrogen) atoms. The molecule has 0 amide bonds. The summed E-state index contributed by atoms with van der Waals surface area (Å²) in [6, 6.07) is 57.0. The minimum atomic E-state index is -0.417. The second-order valence-corrected chi connectivity index (χ2v) is 45.4. The summed E-state index contributed by atoms with van der Waals surface area (Å²) in [5.41, 5.74) is 34.9. The maximum Gasteiger partial charge on any atom is 0.164 e. The number of aromatic nitrogens is 4. The Labute approximate surface area is 896 Å². The van der Waals surface area contributed by atoms with Crippen LogP contribution in [0.2, 0.25) is 0 Å². The molecule has 4 aromatic heterocycles. The molecule has 0 atom stereocenters. The first-order valence-corrected chi connectivity index (χ1v) is 47.4. The topological polar surface area (TPSA) is 201 Å². The summed E-state index contributed by atoms with van der Waals surface area (Å²) < 4.78 is 0. The van der Waals surface area contributed by atoms with Crippen LogP contribution in [0.25, 0.3) is 88.6 Å². The van der Waals surface area contributed by atoms with Crippen molar-refractivity contribution in [1.29, 1.82) is 0 Å². The van der Waals surface area contributed by atoms with E-state index in [0.717, 1.165) is 72.7 Å². The number of hydrogen-bond acceptors (Lipinski definition) is 12. The normalized spacial score (nSPS) is 12.0. The zero-order valence-electron chi connectivity index (χ0n) is 92.4. The van der Waals surface area contributed by atoms with Crippen molar-refractivity contribution in [2.45, 2.75) is 305 Å². The molecule has 0 aliphatic rings. The van der Waals surface area contributed by atoms with Crippen molar-refractivity contribution in [3.63, 3.8) is 0 Å². The zero-order chi connectivity index (χ0) is 104. The van der Waals surface area contributed by atoms with Gasteiger partial charge in [0.05, 0.1) is 22.1 Å². The minimum Gasteiger partial charge on any atom is -0.512 e. The van der Waals surface area contributed by atoms with Gasteiger partial charge in [-0.25, -0.2) is 0 Å². The second-order valence-electron chi connectivity index (χ2n) is 45.4. The Morgan fingerprint density at radius 1 is 0.250 bits per heavy atom. The largest absolute Gasteiger partial charge is 0.512 e. The number of carbonyl (C=O) groups is 4. The number of allylic oxidation sites excluding steroid dienone is 8. The van der Waals surface area contributed by atoms with E-state index in [0.29, 0.717) is 0 Å². The van der Waals surface area contributed by atoms with Gasteiger partial charge in [-0.05, 0) is 147 Å². The number of ketones is 4. The fourth-order valence-electron chi connectivity index (χ4n) is 13.4. The van der Waals surface area contributed by atoms with Crippen LogP contribution in [0.4, 0.5) is 0 Å². The molecule has 0 unspecified atom stereocenters. The van der Waals surface area contributed by atoms with E-state index in [9.17, 15) is 39.6 Å². The maximum atomic E-state index is 11.5. The number of pyridine rings is 4. The number of aryl methyl sites for hydroxylation is 16. The van der Waals surface area contributed by atoms with Gasteiger partial charge in [0.15, 0.2) is 23.1 Å². The van der Waals surface area contributed by atoms with Gasteiger partial charge in [-0.3, -0.25) is 39.1 Å². The van der Waals surface area contributed by atoms with Crippen LogP contribution in [0, 0.1) is 206 Å². The number of fused-ring (bicyclic) bond motifs is 4. The Hall–Kier alpha value is -9.16. The number of nitrogens with zero attached hydrogens (tertiary/aromatic N) is 4. The van der Waals surface area contributed by atoms with Gasteiger partial charge in [-0.15, -0.1) is 138 Å². The van der Waals surface area contributed by atoms with E-state index in [4.69, 9.17) is 19.9 Å². The fraction of sp³-hybridized carbons (Fsp3) is 0.419. The molecule has 4 radical (unpaired) electrons. The van der Waals surface area contributed by atoms with E-state index >= 15 is 0 Å². The van der Waals surface area contributed by atoms with Crippen LogP contribution in [0.3, 0.4) is 0 Å². The number of hydrogen-bond donors (Lipinski definition) is 4. The van der Waals surface area contributed by atoms with E-state index < -0.39 is 21.7 Å². The number of rotatable bonds is 8. The van der Waals surface area contributed by atoms with Gasteiger partial charge >= 0.3 is 0 Å². The molecule has 8 aromatic carbocycles. The summed E-state index contributed by atoms with van der Waals surface area (Å²) in [6.07, 6.45) is 5.33. The van der Waals surface area contributed by atoms with Crippen LogP contribution in [0.1, 0.15) is 277 Å². The Morgan fingerprint density at radius 2 is 0.529 bits per heavy atom. The molecule has 0 spiro atoms. The summed E-state index contributed by atoms with van der Waals surface area (Å²) in [6.45, 7) is 87.1. The van der Waals surface area contributed by atoms with Crippen molar-refractivity contribution >= 4 is 66.7 Å². The number of carbonyl (C=O) groups excluding carboxylic acids is 4. The van der Waals surface area contributed by atoms with Gasteiger partial charge in [-0.1, -0.05) is 322 Å². The standard InChI is InChI=1S/4C20H20N.4C11H20O2.4Ir/c1-12-6-8-17-14(3)11-20(21-19(17)10-12)18-9-7-13(2)15(4)16(18)5;1-12-6-7-17-15(4)11-20(21-19(17)10-12)18-9-13(2)8-14(3)16(18)5;1-12-6-7-18-15(4)11-19(21-20(18)8-12)17-9-13(2)16(5)14(3)10-17;1-12-6-7-17-16(5)11-20(21-19(17)8-12)18-10-14(3)13(2)9-15(18)4;4*1-10(2,3)8(12)7-9(13)11(4,5)6;;;;/h2*6-8,10-11H,1-5H3;2*6-9,11H,1-5H3;4*7,12H,1-6H3;;;;/q4*-1;;;;;;;;. The van der Waals surface area contributed by atoms with Crippen LogP contribution >= 0.6 is 0 Å². The Balaban J connectivity index is 0.000000806. The van der Waals surface area contributed by atoms with Crippen LogP contribution in [0.5, 0.6) is 0 Å². The first-order chi connectivity index (χ1) is 62.0. The van der Waals surface area contributed by atoms with Crippen molar-refractivity contribution in [2.24, 2.45) is 43.3 Å². The van der Waals surface area contributed by atoms with Crippen LogP contribution in [0.15, 0.2) is 169 Å². The molecule has 0 aliphatic heterocycles. The molecular weight excluding hydrogens is 2440 g/mol. The quantitative estimate of drug-likeness (QED) is 0.0638. The first-order valence-electron chi connectivity index (χ1n) is 47.4. The Kier molecular flexibility index (Phi) is 48.2. The van der Waals surface area contributed by atoms with Gasteiger partial charge in [0, 0.05) is 170 Å². The third kappa shape index (κ3) is 37.9. The zero-order valence-corrected chi connectivity index (χ0v) is 102. The molecule has 4 N–H and O–H groups in total. The van der Waals surface area contributed by atoms with Crippen LogP contribution in [-0.4, -0.2) is 63.5 Å². The average Bonchev–Trinajstić information content (AvgIpc) is 0.791. The molecule has 0 saturated carbocycles. The smallest absolute Gasteiger partial charge is 0.164 e. The monoisotopic (exact) mass is 2610 g/mol. The minimum absolute atomic E-state index is 0. The van der Waals surface area contributed by atoms with E-state index in [-0.39, 0.29) is 148 Å². The molecule has 16 heteroatoms. The summed E-state index contributed by atoms with van der Waals surface area (Å²) in [5.74, 6) is 0.416. The molecule has 0 saturated heterocycles. The van der Waals surface area contributed by atoms with Gasteiger partial charge in [0.25, 0.3) is 0 Å². The predicted molar refractivity (Wildman–Crippen MR) is 577 cm³/mol. The summed E-state index contributed by atoms with van der Waals surface area (Å²) >= 11 is 0. The Morgan fingerprint density at radius 3 is 0.821 bits per heavy atom. The predicted octanol–water partition coefficient (Wildman–Crippen LogP) is 33.3. The number of aliphatic hydroxyl groups excluding tert-OH is 4. The van der Waals surface area contributed by atoms with Crippen molar-refractivity contribution in [1.82, 2.24) is 19.9 Å². The summed E-state index contributed by atoms with van der Waals surface area (Å²) in [5, 5.41) is 43.1. The maximum absolute atomic E-state index is 11.5. The third-order valence-corrected chi connectivity index (χ3v) is 24.1. The van der Waals surface area contributed by atoms with Crippen molar-refractivity contribution in [3.8, 4) is 45.0 Å². The molecule has 12 aromatic rings. The SMILES string of the molecule is CC(C)(C)C(=O)C=C(O)C(C)(C)C.CC(C)(C)C(=O)C=C(O)C(C)(C)C.CC(C)(C)C(=O)C=C(O)C(C)(C)C.CC(C)(C)C(=O)C=C(O)C(C)(C)C.Cc1[c-]c(-c2cc(C)c3ccc(C)cc3n2)c(C)c(C)c1.Cc1ccc2c(C)cc(-c3[c-]c(C)c(C)c(C)c3)nc2c1.Cc1ccc2c(C)cc(-c3[c-]c(C)c(C)cc3C)nc2c1.Cc1ccc2c(C)cc(-c3[c-]cc(C)c(C)c3C)nc2c1.[Ir].[Ir].[Ir].[Ir]. The van der Waals surface area contributed by atoms with E-state index in [1.54, 1.807) is 0 Å². The van der Waals surface area contributed by atoms with Gasteiger partial charge < -0.3 is 20.4 Å². The van der Waals surface area contributed by atoms with E-state index in [1.165, 1.54) is 152 Å². The second kappa shape index (κ2) is 52.4. The summed E-state index contributed by atoms with van der Waals surface area (Å²) in [7, 11) is 0. The van der Waals surface area contributed by atoms with E-state index in [2.05, 4.69) is 284 Å². The molecule has 0 aliphatic carbocycles. The van der Waals surface area contributed by atoms with Crippen molar-refractivity contribution < 1.29 is 120 Å². The molecular formula is C124H160Ir4N4O8-4. The number of benzene rings is 8. The molecule has 0 fully saturated rings. The molecule has 0 bridgehead atoms. The van der Waals surface area contributed by atoms with Gasteiger partial charge in [0.1, 0.15) is 23.0 Å². The van der Waals surface area contributed by atoms with Crippen LogP contribution < -0.4 is 0 Å². The number of aliphatic hydroxyl groups is 4. The first kappa shape index (κ1) is 129. The molecule has 764 valence electrons. The van der Waals surface area contributed by atoms with E-state index in [1.807, 2.05) is 166 Å². The average molecular weight is 2600 g/mol. The van der Waals surface area contributed by atoms with Crippen LogP contribution in [-0.2, 0) is 99.6 Å². The molecule has 12 nitrogen and oxygen atoms in total. The Bertz CT molecular complexity index is 6220. The van der Waals surface area contributed by atoms with Crippen molar-refractivity contribution in [3.05, 3.63) is 304 Å².